The summed E-state index contributed by atoms with van der Waals surface area (Å²) in [5.41, 5.74) is 9.55. The molecule has 0 spiro atoms. The monoisotopic (exact) mass is 389 g/mol. The van der Waals surface area contributed by atoms with Crippen molar-refractivity contribution in [2.75, 3.05) is 43.9 Å². The lowest BCUT2D eigenvalue weighted by atomic mass is 10.0. The molecule has 2 aliphatic heterocycles. The lowest BCUT2D eigenvalue weighted by Gasteiger charge is -2.31. The number of hydrogen-bond acceptors (Lipinski definition) is 6. The Labute approximate surface area is 171 Å². The largest absolute Gasteiger partial charge is 0.463 e. The molecular formula is C23H27N5O. The predicted molar refractivity (Wildman–Crippen MR) is 116 cm³/mol. The molecule has 5 rings (SSSR count). The van der Waals surface area contributed by atoms with E-state index in [1.165, 1.54) is 16.5 Å². The van der Waals surface area contributed by atoms with Crippen LogP contribution in [0.1, 0.15) is 17.7 Å². The van der Waals surface area contributed by atoms with Crippen molar-refractivity contribution in [3.63, 3.8) is 0 Å². The molecule has 1 aromatic heterocycles. The van der Waals surface area contributed by atoms with E-state index in [1.807, 2.05) is 0 Å². The van der Waals surface area contributed by atoms with Gasteiger partial charge in [0.2, 0.25) is 0 Å². The van der Waals surface area contributed by atoms with Crippen molar-refractivity contribution < 1.29 is 4.74 Å². The number of aromatic nitrogens is 2. The van der Waals surface area contributed by atoms with E-state index < -0.39 is 0 Å². The van der Waals surface area contributed by atoms with Gasteiger partial charge in [-0.3, -0.25) is 0 Å². The van der Waals surface area contributed by atoms with E-state index in [0.29, 0.717) is 24.4 Å². The molecule has 29 heavy (non-hydrogen) atoms. The first-order chi connectivity index (χ1) is 14.2. The Kier molecular flexibility index (Phi) is 4.72. The van der Waals surface area contributed by atoms with Gasteiger partial charge in [0, 0.05) is 35.6 Å². The fourth-order valence-corrected chi connectivity index (χ4v) is 4.55. The second-order valence-corrected chi connectivity index (χ2v) is 8.21. The standard InChI is InChI=1S/C23H27N5O/c1-27-11-9-16(13-27)15-29-23-25-20-14-28(12-10-19(20)22(24)26-23)21-8-4-6-17-5-2-3-7-18(17)21/h2-8,16H,9-15H2,1H3,(H2,24,25,26)/t16-/m1/s1. The van der Waals surface area contributed by atoms with Gasteiger partial charge in [-0.15, -0.1) is 0 Å². The number of anilines is 2. The van der Waals surface area contributed by atoms with Crippen LogP contribution in [-0.4, -0.2) is 48.2 Å². The van der Waals surface area contributed by atoms with Gasteiger partial charge in [-0.05, 0) is 37.9 Å². The summed E-state index contributed by atoms with van der Waals surface area (Å²) in [5.74, 6) is 1.10. The zero-order valence-electron chi connectivity index (χ0n) is 16.8. The summed E-state index contributed by atoms with van der Waals surface area (Å²) in [7, 11) is 2.15. The lowest BCUT2D eigenvalue weighted by Crippen LogP contribution is -2.32. The summed E-state index contributed by atoms with van der Waals surface area (Å²) in [4.78, 5) is 13.9. The van der Waals surface area contributed by atoms with Crippen LogP contribution in [0.15, 0.2) is 42.5 Å². The van der Waals surface area contributed by atoms with Gasteiger partial charge in [0.25, 0.3) is 0 Å². The zero-order chi connectivity index (χ0) is 19.8. The molecule has 0 amide bonds. The van der Waals surface area contributed by atoms with E-state index in [0.717, 1.165) is 50.3 Å². The summed E-state index contributed by atoms with van der Waals surface area (Å²) in [6, 6.07) is 15.4. The lowest BCUT2D eigenvalue weighted by molar-refractivity contribution is 0.231. The molecule has 1 fully saturated rings. The second kappa shape index (κ2) is 7.52. The van der Waals surface area contributed by atoms with E-state index in [2.05, 4.69) is 64.3 Å². The number of nitrogens with two attached hydrogens (primary N) is 1. The third kappa shape index (κ3) is 3.60. The van der Waals surface area contributed by atoms with E-state index in [4.69, 9.17) is 15.5 Å². The maximum Gasteiger partial charge on any atom is 0.318 e. The Balaban J connectivity index is 1.38. The van der Waals surface area contributed by atoms with Crippen LogP contribution in [0.5, 0.6) is 6.01 Å². The van der Waals surface area contributed by atoms with Gasteiger partial charge in [-0.25, -0.2) is 0 Å². The molecule has 3 aromatic rings. The molecule has 2 N–H and O–H groups in total. The number of nitrogens with zero attached hydrogens (tertiary/aromatic N) is 4. The minimum Gasteiger partial charge on any atom is -0.463 e. The maximum atomic E-state index is 6.26. The van der Waals surface area contributed by atoms with Crippen LogP contribution in [0.4, 0.5) is 11.5 Å². The van der Waals surface area contributed by atoms with E-state index >= 15 is 0 Å². The van der Waals surface area contributed by atoms with Crippen LogP contribution < -0.4 is 15.4 Å². The van der Waals surface area contributed by atoms with Gasteiger partial charge in [-0.1, -0.05) is 36.4 Å². The molecule has 1 atom stereocenters. The Hall–Kier alpha value is -2.86. The maximum absolute atomic E-state index is 6.26. The van der Waals surface area contributed by atoms with Crippen molar-refractivity contribution in [3.05, 3.63) is 53.7 Å². The number of benzene rings is 2. The van der Waals surface area contributed by atoms with Crippen molar-refractivity contribution in [1.29, 1.82) is 0 Å². The van der Waals surface area contributed by atoms with Crippen LogP contribution >= 0.6 is 0 Å². The summed E-state index contributed by atoms with van der Waals surface area (Å²) in [6.45, 7) is 4.47. The van der Waals surface area contributed by atoms with Gasteiger partial charge >= 0.3 is 6.01 Å². The average molecular weight is 390 g/mol. The van der Waals surface area contributed by atoms with Crippen molar-refractivity contribution in [3.8, 4) is 6.01 Å². The molecule has 0 saturated carbocycles. The van der Waals surface area contributed by atoms with E-state index in [9.17, 15) is 0 Å². The van der Waals surface area contributed by atoms with E-state index in [-0.39, 0.29) is 0 Å². The Morgan fingerprint density at radius 2 is 1.97 bits per heavy atom. The summed E-state index contributed by atoms with van der Waals surface area (Å²) >= 11 is 0. The van der Waals surface area contributed by atoms with Crippen molar-refractivity contribution in [2.24, 2.45) is 5.92 Å². The Morgan fingerprint density at radius 3 is 2.83 bits per heavy atom. The smallest absolute Gasteiger partial charge is 0.318 e. The summed E-state index contributed by atoms with van der Waals surface area (Å²) in [5, 5.41) is 2.52. The number of rotatable bonds is 4. The number of nitrogen functional groups attached to an aromatic ring is 1. The normalized spacial score (nSPS) is 19.5. The van der Waals surface area contributed by atoms with Gasteiger partial charge in [-0.2, -0.15) is 9.97 Å². The first kappa shape index (κ1) is 18.2. The van der Waals surface area contributed by atoms with Gasteiger partial charge < -0.3 is 20.3 Å². The highest BCUT2D eigenvalue weighted by atomic mass is 16.5. The fraction of sp³-hybridized carbons (Fsp3) is 0.391. The second-order valence-electron chi connectivity index (χ2n) is 8.21. The average Bonchev–Trinajstić information content (AvgIpc) is 3.16. The number of hydrogen-bond donors (Lipinski definition) is 1. The van der Waals surface area contributed by atoms with Crippen LogP contribution in [0, 0.1) is 5.92 Å². The molecule has 6 heteroatoms. The minimum absolute atomic E-state index is 0.413. The Morgan fingerprint density at radius 1 is 1.10 bits per heavy atom. The molecule has 2 aliphatic rings. The number of ether oxygens (including phenoxy) is 1. The van der Waals surface area contributed by atoms with Crippen molar-refractivity contribution >= 4 is 22.3 Å². The number of fused-ring (bicyclic) bond motifs is 2. The topological polar surface area (TPSA) is 67.5 Å². The third-order valence-corrected chi connectivity index (χ3v) is 6.12. The van der Waals surface area contributed by atoms with Gasteiger partial charge in [0.1, 0.15) is 5.82 Å². The van der Waals surface area contributed by atoms with Gasteiger partial charge in [0.15, 0.2) is 0 Å². The molecule has 0 radical (unpaired) electrons. The number of likely N-dealkylation sites (tertiary alicyclic amines) is 1. The summed E-state index contributed by atoms with van der Waals surface area (Å²) < 4.78 is 5.95. The zero-order valence-corrected chi connectivity index (χ0v) is 16.8. The van der Waals surface area contributed by atoms with E-state index in [1.54, 1.807) is 0 Å². The fourth-order valence-electron chi connectivity index (χ4n) is 4.55. The quantitative estimate of drug-likeness (QED) is 0.740. The van der Waals surface area contributed by atoms with Crippen LogP contribution in [0.25, 0.3) is 10.8 Å². The molecule has 0 aliphatic carbocycles. The first-order valence-corrected chi connectivity index (χ1v) is 10.4. The highest BCUT2D eigenvalue weighted by Gasteiger charge is 2.24. The van der Waals surface area contributed by atoms with Crippen molar-refractivity contribution in [1.82, 2.24) is 14.9 Å². The van der Waals surface area contributed by atoms with Gasteiger partial charge in [0.05, 0.1) is 18.8 Å². The molecule has 3 heterocycles. The predicted octanol–water partition coefficient (Wildman–Crippen LogP) is 3.11. The van der Waals surface area contributed by atoms with Crippen LogP contribution in [0.2, 0.25) is 0 Å². The summed E-state index contributed by atoms with van der Waals surface area (Å²) in [6.07, 6.45) is 2.00. The first-order valence-electron chi connectivity index (χ1n) is 10.4. The minimum atomic E-state index is 0.413. The molecule has 0 unspecified atom stereocenters. The SMILES string of the molecule is CN1CC[C@@H](COc2nc(N)c3c(n2)CN(c2cccc4ccccc24)CC3)C1. The molecule has 1 saturated heterocycles. The highest BCUT2D eigenvalue weighted by Crippen LogP contribution is 2.32. The molecule has 2 aromatic carbocycles. The highest BCUT2D eigenvalue weighted by molar-refractivity contribution is 5.94. The molecule has 0 bridgehead atoms. The van der Waals surface area contributed by atoms with Crippen molar-refractivity contribution in [2.45, 2.75) is 19.4 Å². The Bertz CT molecular complexity index is 1030. The third-order valence-electron chi connectivity index (χ3n) is 6.12. The molecular weight excluding hydrogens is 362 g/mol. The van der Waals surface area contributed by atoms with Crippen LogP contribution in [-0.2, 0) is 13.0 Å². The molecule has 150 valence electrons. The van der Waals surface area contributed by atoms with Crippen LogP contribution in [0.3, 0.4) is 0 Å². The molecule has 6 nitrogen and oxygen atoms in total.